The second-order valence-electron chi connectivity index (χ2n) is 5.65. The van der Waals surface area contributed by atoms with E-state index in [0.29, 0.717) is 25.2 Å². The van der Waals surface area contributed by atoms with Crippen molar-refractivity contribution in [2.75, 3.05) is 24.5 Å². The van der Waals surface area contributed by atoms with Crippen LogP contribution < -0.4 is 15.5 Å². The lowest BCUT2D eigenvalue weighted by molar-refractivity contribution is -0.126. The van der Waals surface area contributed by atoms with Gasteiger partial charge in [-0.25, -0.2) is 8.78 Å². The largest absolute Gasteiger partial charge is 0.352 e. The average molecular weight is 297 g/mol. The van der Waals surface area contributed by atoms with Gasteiger partial charge >= 0.3 is 0 Å². The average Bonchev–Trinajstić information content (AvgIpc) is 2.40. The fourth-order valence-corrected chi connectivity index (χ4v) is 2.54. The maximum atomic E-state index is 14.4. The molecule has 6 heteroatoms. The number of halogens is 2. The lowest BCUT2D eigenvalue weighted by atomic mass is 9.97. The van der Waals surface area contributed by atoms with Crippen LogP contribution in [0.2, 0.25) is 0 Å². The summed E-state index contributed by atoms with van der Waals surface area (Å²) >= 11 is 0. The predicted octanol–water partition coefficient (Wildman–Crippen LogP) is 1.79. The van der Waals surface area contributed by atoms with Gasteiger partial charge in [0, 0.05) is 19.6 Å². The van der Waals surface area contributed by atoms with Gasteiger partial charge in [0.25, 0.3) is 0 Å². The van der Waals surface area contributed by atoms with Gasteiger partial charge in [0.2, 0.25) is 5.91 Å². The number of nitrogens with one attached hydrogen (secondary N) is 2. The molecule has 1 aromatic rings. The van der Waals surface area contributed by atoms with Gasteiger partial charge in [-0.3, -0.25) is 4.79 Å². The molecule has 0 radical (unpaired) electrons. The van der Waals surface area contributed by atoms with Crippen molar-refractivity contribution in [2.24, 2.45) is 0 Å². The van der Waals surface area contributed by atoms with E-state index >= 15 is 0 Å². The molecule has 1 heterocycles. The van der Waals surface area contributed by atoms with Crippen LogP contribution in [0.1, 0.15) is 26.3 Å². The third-order valence-electron chi connectivity index (χ3n) is 3.78. The van der Waals surface area contributed by atoms with E-state index in [-0.39, 0.29) is 11.6 Å². The molecule has 116 valence electrons. The van der Waals surface area contributed by atoms with Gasteiger partial charge in [-0.1, -0.05) is 6.92 Å². The lowest BCUT2D eigenvalue weighted by Crippen LogP contribution is -2.62. The van der Waals surface area contributed by atoms with Gasteiger partial charge in [-0.2, -0.15) is 0 Å². The van der Waals surface area contributed by atoms with Crippen LogP contribution in [0.15, 0.2) is 12.1 Å². The maximum absolute atomic E-state index is 14.4. The highest BCUT2D eigenvalue weighted by Gasteiger charge is 2.40. The zero-order valence-electron chi connectivity index (χ0n) is 12.6. The van der Waals surface area contributed by atoms with Gasteiger partial charge < -0.3 is 15.5 Å². The monoisotopic (exact) mass is 297 g/mol. The zero-order chi connectivity index (χ0) is 15.6. The molecule has 1 saturated heterocycles. The van der Waals surface area contributed by atoms with Crippen LogP contribution in [0, 0.1) is 11.6 Å². The molecule has 1 fully saturated rings. The molecule has 0 saturated carbocycles. The van der Waals surface area contributed by atoms with E-state index in [2.05, 4.69) is 10.6 Å². The molecule has 1 amide bonds. The number of amides is 1. The number of rotatable bonds is 4. The summed E-state index contributed by atoms with van der Waals surface area (Å²) < 4.78 is 28.7. The topological polar surface area (TPSA) is 44.4 Å². The van der Waals surface area contributed by atoms with E-state index in [9.17, 15) is 13.6 Å². The number of hydrogen-bond donors (Lipinski definition) is 2. The summed E-state index contributed by atoms with van der Waals surface area (Å²) in [6, 6.07) is 2.65. The Morgan fingerprint density at radius 3 is 2.52 bits per heavy atom. The van der Waals surface area contributed by atoms with Crippen LogP contribution in [0.25, 0.3) is 0 Å². The third kappa shape index (κ3) is 3.00. The zero-order valence-corrected chi connectivity index (χ0v) is 12.6. The number of carbonyl (C=O) groups is 1. The van der Waals surface area contributed by atoms with Crippen molar-refractivity contribution >= 4 is 11.6 Å². The molecule has 2 rings (SSSR count). The van der Waals surface area contributed by atoms with Crippen LogP contribution in [0.4, 0.5) is 14.5 Å². The van der Waals surface area contributed by atoms with Crippen molar-refractivity contribution in [3.05, 3.63) is 29.3 Å². The van der Waals surface area contributed by atoms with Crippen molar-refractivity contribution < 1.29 is 13.6 Å². The van der Waals surface area contributed by atoms with E-state index < -0.39 is 17.2 Å². The van der Waals surface area contributed by atoms with Crippen molar-refractivity contribution in [2.45, 2.75) is 32.9 Å². The smallest absolute Gasteiger partial charge is 0.245 e. The van der Waals surface area contributed by atoms with Crippen LogP contribution >= 0.6 is 0 Å². The molecule has 0 spiro atoms. The Balaban J connectivity index is 2.37. The highest BCUT2D eigenvalue weighted by Crippen LogP contribution is 2.31. The minimum atomic E-state index is -0.983. The molecule has 1 aliphatic rings. The number of carbonyl (C=O) groups excluding carboxylic acids is 1. The quantitative estimate of drug-likeness (QED) is 0.890. The SMILES string of the molecule is CCNCc1cc(F)c(N2CCNC(=O)C2(C)C)c(F)c1. The number of benzene rings is 1. The minimum absolute atomic E-state index is 0.130. The van der Waals surface area contributed by atoms with Gasteiger partial charge in [0.1, 0.15) is 22.9 Å². The molecule has 21 heavy (non-hydrogen) atoms. The molecule has 0 aliphatic carbocycles. The highest BCUT2D eigenvalue weighted by atomic mass is 19.1. The van der Waals surface area contributed by atoms with E-state index in [1.54, 1.807) is 13.8 Å². The van der Waals surface area contributed by atoms with Gasteiger partial charge in [0.15, 0.2) is 0 Å². The summed E-state index contributed by atoms with van der Waals surface area (Å²) in [5, 5.41) is 5.74. The molecule has 0 atom stereocenters. The predicted molar refractivity (Wildman–Crippen MR) is 78.2 cm³/mol. The van der Waals surface area contributed by atoms with E-state index in [4.69, 9.17) is 0 Å². The van der Waals surface area contributed by atoms with Gasteiger partial charge in [-0.15, -0.1) is 0 Å². The standard InChI is InChI=1S/C15H21F2N3O/c1-4-18-9-10-7-11(16)13(12(17)8-10)20-6-5-19-14(21)15(20,2)3/h7-8,18H,4-6,9H2,1-3H3,(H,19,21). The number of anilines is 1. The Morgan fingerprint density at radius 2 is 1.95 bits per heavy atom. The van der Waals surface area contributed by atoms with Crippen LogP contribution in [0.3, 0.4) is 0 Å². The first-order valence-electron chi connectivity index (χ1n) is 7.12. The Hall–Kier alpha value is -1.69. The van der Waals surface area contributed by atoms with E-state index in [1.807, 2.05) is 6.92 Å². The Bertz CT molecular complexity index is 523. The normalized spacial score (nSPS) is 17.8. The first-order chi connectivity index (χ1) is 9.87. The summed E-state index contributed by atoms with van der Waals surface area (Å²) in [5.74, 6) is -1.50. The van der Waals surface area contributed by atoms with Crippen molar-refractivity contribution in [3.63, 3.8) is 0 Å². The number of piperazine rings is 1. The van der Waals surface area contributed by atoms with Gasteiger partial charge in [-0.05, 0) is 38.1 Å². The fourth-order valence-electron chi connectivity index (χ4n) is 2.54. The molecule has 0 aromatic heterocycles. The molecule has 0 bridgehead atoms. The molecule has 1 aromatic carbocycles. The fraction of sp³-hybridized carbons (Fsp3) is 0.533. The first-order valence-corrected chi connectivity index (χ1v) is 7.12. The number of hydrogen-bond acceptors (Lipinski definition) is 3. The van der Waals surface area contributed by atoms with Crippen LogP contribution in [-0.2, 0) is 11.3 Å². The molecule has 2 N–H and O–H groups in total. The molecule has 4 nitrogen and oxygen atoms in total. The van der Waals surface area contributed by atoms with Crippen molar-refractivity contribution in [1.82, 2.24) is 10.6 Å². The minimum Gasteiger partial charge on any atom is -0.352 e. The molecule has 1 aliphatic heterocycles. The summed E-state index contributed by atoms with van der Waals surface area (Å²) in [6.45, 7) is 7.13. The Labute approximate surface area is 123 Å². The Kier molecular flexibility index (Phi) is 4.46. The second-order valence-corrected chi connectivity index (χ2v) is 5.65. The second kappa shape index (κ2) is 5.97. The first kappa shape index (κ1) is 15.7. The summed E-state index contributed by atoms with van der Waals surface area (Å²) in [5.41, 5.74) is -0.562. The third-order valence-corrected chi connectivity index (χ3v) is 3.78. The molecule has 0 unspecified atom stereocenters. The lowest BCUT2D eigenvalue weighted by Gasteiger charge is -2.43. The summed E-state index contributed by atoms with van der Waals surface area (Å²) in [6.07, 6.45) is 0. The molecular formula is C15H21F2N3O. The summed E-state index contributed by atoms with van der Waals surface area (Å²) in [4.78, 5) is 13.4. The maximum Gasteiger partial charge on any atom is 0.245 e. The van der Waals surface area contributed by atoms with E-state index in [1.165, 1.54) is 17.0 Å². The van der Waals surface area contributed by atoms with Crippen LogP contribution in [0.5, 0.6) is 0 Å². The highest BCUT2D eigenvalue weighted by molar-refractivity contribution is 5.90. The molecular weight excluding hydrogens is 276 g/mol. The number of nitrogens with zero attached hydrogens (tertiary/aromatic N) is 1. The van der Waals surface area contributed by atoms with Gasteiger partial charge in [0.05, 0.1) is 0 Å². The van der Waals surface area contributed by atoms with Crippen LogP contribution in [-0.4, -0.2) is 31.1 Å². The van der Waals surface area contributed by atoms with E-state index in [0.717, 1.165) is 6.54 Å². The van der Waals surface area contributed by atoms with Crippen molar-refractivity contribution in [1.29, 1.82) is 0 Å². The Morgan fingerprint density at radius 1 is 1.33 bits per heavy atom. The summed E-state index contributed by atoms with van der Waals surface area (Å²) in [7, 11) is 0. The van der Waals surface area contributed by atoms with Crippen molar-refractivity contribution in [3.8, 4) is 0 Å².